The maximum Gasteiger partial charge on any atom is 0.195 e. The average molecular weight is 281 g/mol. The molecule has 0 aliphatic rings. The molecule has 0 unspecified atom stereocenters. The van der Waals surface area contributed by atoms with Gasteiger partial charge in [-0.05, 0) is 24.1 Å². The van der Waals surface area contributed by atoms with E-state index < -0.39 is 0 Å². The average Bonchev–Trinajstić information content (AvgIpc) is 2.95. The van der Waals surface area contributed by atoms with Crippen molar-refractivity contribution in [1.82, 2.24) is 14.8 Å². The highest BCUT2D eigenvalue weighted by atomic mass is 32.2. The van der Waals surface area contributed by atoms with E-state index in [0.717, 1.165) is 16.6 Å². The van der Waals surface area contributed by atoms with Crippen LogP contribution >= 0.6 is 11.8 Å². The summed E-state index contributed by atoms with van der Waals surface area (Å²) in [5.74, 6) is 0.894. The Morgan fingerprint density at radius 2 is 1.75 bits per heavy atom. The number of thioether (sulfide) groups is 1. The van der Waals surface area contributed by atoms with Crippen LogP contribution in [0.3, 0.4) is 0 Å². The van der Waals surface area contributed by atoms with Crippen molar-refractivity contribution in [2.24, 2.45) is 0 Å². The third-order valence-electron chi connectivity index (χ3n) is 3.10. The van der Waals surface area contributed by atoms with Crippen molar-refractivity contribution in [2.75, 3.05) is 0 Å². The predicted molar refractivity (Wildman–Crippen MR) is 82.1 cm³/mol. The van der Waals surface area contributed by atoms with Crippen LogP contribution in [-0.2, 0) is 5.75 Å². The van der Waals surface area contributed by atoms with Crippen molar-refractivity contribution >= 4 is 11.8 Å². The molecule has 3 aromatic rings. The van der Waals surface area contributed by atoms with E-state index in [0.29, 0.717) is 0 Å². The summed E-state index contributed by atoms with van der Waals surface area (Å²) in [6.45, 7) is 2.10. The molecule has 0 radical (unpaired) electrons. The smallest absolute Gasteiger partial charge is 0.195 e. The Kier molecular flexibility index (Phi) is 3.83. The predicted octanol–water partition coefficient (Wildman–Crippen LogP) is 3.87. The Hall–Kier alpha value is -2.07. The number of benzene rings is 2. The van der Waals surface area contributed by atoms with Crippen LogP contribution < -0.4 is 0 Å². The lowest BCUT2D eigenvalue weighted by molar-refractivity contribution is 0.878. The molecule has 4 heteroatoms. The molecule has 100 valence electrons. The first-order valence-corrected chi connectivity index (χ1v) is 7.46. The van der Waals surface area contributed by atoms with Crippen molar-refractivity contribution in [3.05, 3.63) is 72.1 Å². The van der Waals surface area contributed by atoms with Crippen LogP contribution in [0.25, 0.3) is 5.69 Å². The molecule has 0 saturated carbocycles. The standard InChI is InChI=1S/C16H15N3S/c1-13-7-5-6-10-15(13)19-12-17-18-16(19)20-11-14-8-3-2-4-9-14/h2-10,12H,11H2,1H3. The summed E-state index contributed by atoms with van der Waals surface area (Å²) in [5.41, 5.74) is 3.64. The fourth-order valence-electron chi connectivity index (χ4n) is 2.04. The zero-order valence-electron chi connectivity index (χ0n) is 11.2. The lowest BCUT2D eigenvalue weighted by Gasteiger charge is -2.08. The third-order valence-corrected chi connectivity index (χ3v) is 4.12. The van der Waals surface area contributed by atoms with Crippen LogP contribution in [-0.4, -0.2) is 14.8 Å². The van der Waals surface area contributed by atoms with Gasteiger partial charge in [0, 0.05) is 5.75 Å². The summed E-state index contributed by atoms with van der Waals surface area (Å²) in [5, 5.41) is 9.19. The summed E-state index contributed by atoms with van der Waals surface area (Å²) in [4.78, 5) is 0. The summed E-state index contributed by atoms with van der Waals surface area (Å²) >= 11 is 1.70. The van der Waals surface area contributed by atoms with Crippen molar-refractivity contribution in [3.63, 3.8) is 0 Å². The molecule has 1 aromatic heterocycles. The minimum atomic E-state index is 0.894. The zero-order chi connectivity index (χ0) is 13.8. The molecular formula is C16H15N3S. The number of hydrogen-bond acceptors (Lipinski definition) is 3. The van der Waals surface area contributed by atoms with Crippen molar-refractivity contribution < 1.29 is 0 Å². The number of nitrogens with zero attached hydrogens (tertiary/aromatic N) is 3. The fourth-order valence-corrected chi connectivity index (χ4v) is 2.92. The first-order valence-electron chi connectivity index (χ1n) is 6.47. The van der Waals surface area contributed by atoms with Crippen molar-refractivity contribution in [2.45, 2.75) is 17.8 Å². The Morgan fingerprint density at radius 1 is 1.00 bits per heavy atom. The van der Waals surface area contributed by atoms with E-state index in [4.69, 9.17) is 0 Å². The molecule has 0 saturated heterocycles. The first-order chi connectivity index (χ1) is 9.84. The summed E-state index contributed by atoms with van der Waals surface area (Å²) in [6, 6.07) is 18.7. The molecule has 3 nitrogen and oxygen atoms in total. The maximum absolute atomic E-state index is 4.22. The molecule has 0 aliphatic carbocycles. The molecule has 0 spiro atoms. The molecule has 3 rings (SSSR count). The van der Waals surface area contributed by atoms with Gasteiger partial charge in [0.2, 0.25) is 0 Å². The van der Waals surface area contributed by atoms with Gasteiger partial charge in [-0.25, -0.2) is 0 Å². The van der Waals surface area contributed by atoms with Gasteiger partial charge in [0.1, 0.15) is 6.33 Å². The minimum Gasteiger partial charge on any atom is -0.276 e. The van der Waals surface area contributed by atoms with Crippen LogP contribution in [0.2, 0.25) is 0 Å². The minimum absolute atomic E-state index is 0.894. The van der Waals surface area contributed by atoms with Gasteiger partial charge in [0.15, 0.2) is 5.16 Å². The van der Waals surface area contributed by atoms with Gasteiger partial charge in [-0.15, -0.1) is 10.2 Å². The summed E-state index contributed by atoms with van der Waals surface area (Å²) < 4.78 is 2.04. The Bertz CT molecular complexity index is 692. The van der Waals surface area contributed by atoms with Gasteiger partial charge in [-0.1, -0.05) is 60.3 Å². The van der Waals surface area contributed by atoms with Gasteiger partial charge in [-0.3, -0.25) is 4.57 Å². The molecule has 0 fully saturated rings. The second-order valence-corrected chi connectivity index (χ2v) is 5.49. The van der Waals surface area contributed by atoms with E-state index in [1.54, 1.807) is 18.1 Å². The van der Waals surface area contributed by atoms with E-state index in [9.17, 15) is 0 Å². The molecule has 1 heterocycles. The molecule has 0 aliphatic heterocycles. The van der Waals surface area contributed by atoms with Crippen molar-refractivity contribution in [3.8, 4) is 5.69 Å². The molecule has 0 N–H and O–H groups in total. The Morgan fingerprint density at radius 3 is 2.55 bits per heavy atom. The van der Waals surface area contributed by atoms with E-state index in [1.165, 1.54) is 11.1 Å². The topological polar surface area (TPSA) is 30.7 Å². The van der Waals surface area contributed by atoms with E-state index in [-0.39, 0.29) is 0 Å². The number of aromatic nitrogens is 3. The van der Waals surface area contributed by atoms with Gasteiger partial charge < -0.3 is 0 Å². The number of rotatable bonds is 4. The number of hydrogen-bond donors (Lipinski definition) is 0. The Labute approximate surface area is 122 Å². The largest absolute Gasteiger partial charge is 0.276 e. The van der Waals surface area contributed by atoms with Gasteiger partial charge in [-0.2, -0.15) is 0 Å². The monoisotopic (exact) mass is 281 g/mol. The normalized spacial score (nSPS) is 10.7. The summed E-state index contributed by atoms with van der Waals surface area (Å²) in [6.07, 6.45) is 1.77. The lowest BCUT2D eigenvalue weighted by Crippen LogP contribution is -1.97. The van der Waals surface area contributed by atoms with Crippen LogP contribution in [0.4, 0.5) is 0 Å². The second kappa shape index (κ2) is 5.92. The second-order valence-electron chi connectivity index (χ2n) is 4.54. The quantitative estimate of drug-likeness (QED) is 0.680. The van der Waals surface area contributed by atoms with E-state index in [2.05, 4.69) is 53.5 Å². The maximum atomic E-state index is 4.22. The molecule has 0 bridgehead atoms. The number of para-hydroxylation sites is 1. The Balaban J connectivity index is 1.83. The highest BCUT2D eigenvalue weighted by molar-refractivity contribution is 7.98. The molecule has 0 amide bonds. The molecular weight excluding hydrogens is 266 g/mol. The third kappa shape index (κ3) is 2.75. The summed E-state index contributed by atoms with van der Waals surface area (Å²) in [7, 11) is 0. The van der Waals surface area contributed by atoms with Gasteiger partial charge in [0.25, 0.3) is 0 Å². The lowest BCUT2D eigenvalue weighted by atomic mass is 10.2. The molecule has 20 heavy (non-hydrogen) atoms. The van der Waals surface area contributed by atoms with E-state index >= 15 is 0 Å². The fraction of sp³-hybridized carbons (Fsp3) is 0.125. The highest BCUT2D eigenvalue weighted by Crippen LogP contribution is 2.24. The molecule has 0 atom stereocenters. The van der Waals surface area contributed by atoms with Gasteiger partial charge in [0.05, 0.1) is 5.69 Å². The zero-order valence-corrected chi connectivity index (χ0v) is 12.0. The highest BCUT2D eigenvalue weighted by Gasteiger charge is 2.08. The van der Waals surface area contributed by atoms with Crippen LogP contribution in [0.1, 0.15) is 11.1 Å². The molecule has 2 aromatic carbocycles. The van der Waals surface area contributed by atoms with Crippen LogP contribution in [0.5, 0.6) is 0 Å². The van der Waals surface area contributed by atoms with Crippen LogP contribution in [0, 0.1) is 6.92 Å². The SMILES string of the molecule is Cc1ccccc1-n1cnnc1SCc1ccccc1. The first kappa shape index (κ1) is 12.9. The van der Waals surface area contributed by atoms with Crippen LogP contribution in [0.15, 0.2) is 66.1 Å². The van der Waals surface area contributed by atoms with E-state index in [1.807, 2.05) is 22.8 Å². The van der Waals surface area contributed by atoms with Crippen molar-refractivity contribution in [1.29, 1.82) is 0 Å². The number of aryl methyl sites for hydroxylation is 1. The van der Waals surface area contributed by atoms with Gasteiger partial charge >= 0.3 is 0 Å².